The fraction of sp³-hybridized carbons (Fsp3) is 0.591. The summed E-state index contributed by atoms with van der Waals surface area (Å²) in [6, 6.07) is 10.6. The van der Waals surface area contributed by atoms with Crippen LogP contribution in [0.4, 0.5) is 0 Å². The van der Waals surface area contributed by atoms with Gasteiger partial charge in [0.1, 0.15) is 0 Å². The van der Waals surface area contributed by atoms with E-state index < -0.39 is 0 Å². The molecule has 1 heterocycles. The Balaban J connectivity index is 1.56. The molecule has 3 rings (SSSR count). The van der Waals surface area contributed by atoms with E-state index in [1.807, 2.05) is 0 Å². The molecular formula is C22H33N3O. The van der Waals surface area contributed by atoms with Gasteiger partial charge in [0, 0.05) is 39.9 Å². The van der Waals surface area contributed by atoms with Crippen LogP contribution in [-0.4, -0.2) is 50.8 Å². The van der Waals surface area contributed by atoms with Gasteiger partial charge in [0.25, 0.3) is 0 Å². The van der Waals surface area contributed by atoms with E-state index in [1.54, 1.807) is 12.7 Å². The number of nitrogens with one attached hydrogen (secondary N) is 1. The maximum atomic E-state index is 5.27. The van der Waals surface area contributed by atoms with Gasteiger partial charge < -0.3 is 15.0 Å². The number of hydrogen-bond acceptors (Lipinski definition) is 2. The van der Waals surface area contributed by atoms with Crippen molar-refractivity contribution in [2.75, 3.05) is 39.9 Å². The molecule has 0 bridgehead atoms. The van der Waals surface area contributed by atoms with Gasteiger partial charge in [-0.2, -0.15) is 0 Å². The lowest BCUT2D eigenvalue weighted by Gasteiger charge is -2.32. The van der Waals surface area contributed by atoms with Crippen LogP contribution < -0.4 is 5.32 Å². The van der Waals surface area contributed by atoms with Crippen molar-refractivity contribution in [3.8, 4) is 0 Å². The van der Waals surface area contributed by atoms with Gasteiger partial charge in [-0.05, 0) is 50.0 Å². The van der Waals surface area contributed by atoms with Crippen LogP contribution in [0.5, 0.6) is 0 Å². The normalized spacial score (nSPS) is 19.4. The number of hydrogen-bond donors (Lipinski definition) is 1. The van der Waals surface area contributed by atoms with Gasteiger partial charge in [0.2, 0.25) is 0 Å². The highest BCUT2D eigenvalue weighted by Gasteiger charge is 2.42. The predicted molar refractivity (Wildman–Crippen MR) is 109 cm³/mol. The lowest BCUT2D eigenvalue weighted by atomic mass is 10.0. The molecule has 1 saturated carbocycles. The van der Waals surface area contributed by atoms with Crippen LogP contribution in [0.15, 0.2) is 40.9 Å². The average Bonchev–Trinajstić information content (AvgIpc) is 3.45. The Labute approximate surface area is 158 Å². The zero-order chi connectivity index (χ0) is 18.2. The Morgan fingerprint density at radius 1 is 1.23 bits per heavy atom. The number of aliphatic imine (C=N–C) groups is 1. The fourth-order valence-corrected chi connectivity index (χ4v) is 3.59. The number of nitrogens with zero attached hydrogens (tertiary/aromatic N) is 2. The van der Waals surface area contributed by atoms with Gasteiger partial charge in [-0.25, -0.2) is 0 Å². The third-order valence-corrected chi connectivity index (χ3v) is 5.57. The fourth-order valence-electron chi connectivity index (χ4n) is 3.59. The first-order valence-electron chi connectivity index (χ1n) is 10.0. The Hall–Kier alpha value is -1.81. The molecule has 1 N–H and O–H groups in total. The Morgan fingerprint density at radius 2 is 1.96 bits per heavy atom. The summed E-state index contributed by atoms with van der Waals surface area (Å²) in [7, 11) is 1.79. The van der Waals surface area contributed by atoms with E-state index in [2.05, 4.69) is 53.5 Å². The first-order valence-corrected chi connectivity index (χ1v) is 10.0. The van der Waals surface area contributed by atoms with Crippen molar-refractivity contribution in [1.82, 2.24) is 10.2 Å². The molecule has 0 spiro atoms. The molecule has 1 aromatic carbocycles. The lowest BCUT2D eigenvalue weighted by molar-refractivity contribution is 0.174. The molecule has 0 radical (unpaired) electrons. The highest BCUT2D eigenvalue weighted by atomic mass is 16.5. The number of guanidine groups is 1. The molecule has 0 unspecified atom stereocenters. The van der Waals surface area contributed by atoms with Crippen molar-refractivity contribution in [2.24, 2.45) is 10.4 Å². The van der Waals surface area contributed by atoms with E-state index >= 15 is 0 Å². The Morgan fingerprint density at radius 3 is 2.58 bits per heavy atom. The molecule has 1 aliphatic heterocycles. The predicted octanol–water partition coefficient (Wildman–Crippen LogP) is 3.95. The highest BCUT2D eigenvalue weighted by Crippen LogP contribution is 2.49. The van der Waals surface area contributed by atoms with Gasteiger partial charge >= 0.3 is 0 Å². The minimum Gasteiger partial charge on any atom is -0.385 e. The third kappa shape index (κ3) is 5.34. The Kier molecular flexibility index (Phi) is 6.73. The van der Waals surface area contributed by atoms with Crippen LogP contribution in [0.1, 0.15) is 44.6 Å². The van der Waals surface area contributed by atoms with Crippen LogP contribution in [-0.2, 0) is 4.74 Å². The first-order chi connectivity index (χ1) is 12.7. The van der Waals surface area contributed by atoms with Crippen LogP contribution in [0.2, 0.25) is 0 Å². The molecule has 4 nitrogen and oxygen atoms in total. The number of benzene rings is 1. The third-order valence-electron chi connectivity index (χ3n) is 5.57. The summed E-state index contributed by atoms with van der Waals surface area (Å²) in [5.74, 6) is 1.09. The molecule has 0 aromatic heterocycles. The smallest absolute Gasteiger partial charge is 0.193 e. The van der Waals surface area contributed by atoms with E-state index in [-0.39, 0.29) is 0 Å². The van der Waals surface area contributed by atoms with Crippen LogP contribution >= 0.6 is 0 Å². The van der Waals surface area contributed by atoms with Gasteiger partial charge in [-0.1, -0.05) is 42.0 Å². The summed E-state index contributed by atoms with van der Waals surface area (Å²) in [6.45, 7) is 6.96. The molecule has 2 fully saturated rings. The molecule has 0 amide bonds. The van der Waals surface area contributed by atoms with E-state index in [0.29, 0.717) is 5.41 Å². The molecular weight excluding hydrogens is 322 g/mol. The first kappa shape index (κ1) is 19.0. The maximum Gasteiger partial charge on any atom is 0.193 e. The highest BCUT2D eigenvalue weighted by molar-refractivity contribution is 5.80. The van der Waals surface area contributed by atoms with Crippen molar-refractivity contribution in [1.29, 1.82) is 0 Å². The number of piperidine rings is 1. The zero-order valence-corrected chi connectivity index (χ0v) is 16.3. The molecule has 4 heteroatoms. The second kappa shape index (κ2) is 9.22. The summed E-state index contributed by atoms with van der Waals surface area (Å²) in [5, 5.41) is 3.50. The molecule has 26 heavy (non-hydrogen) atoms. The van der Waals surface area contributed by atoms with E-state index in [9.17, 15) is 0 Å². The molecule has 2 aliphatic rings. The quantitative estimate of drug-likeness (QED) is 0.594. The largest absolute Gasteiger partial charge is 0.385 e. The molecule has 1 saturated heterocycles. The van der Waals surface area contributed by atoms with Crippen LogP contribution in [0, 0.1) is 5.41 Å². The van der Waals surface area contributed by atoms with Crippen LogP contribution in [0.25, 0.3) is 6.08 Å². The minimum atomic E-state index is 0.408. The maximum absolute atomic E-state index is 5.27. The van der Waals surface area contributed by atoms with Crippen molar-refractivity contribution < 1.29 is 4.74 Å². The van der Waals surface area contributed by atoms with Gasteiger partial charge in [0.15, 0.2) is 5.96 Å². The van der Waals surface area contributed by atoms with E-state index in [0.717, 1.165) is 58.0 Å². The van der Waals surface area contributed by atoms with Gasteiger partial charge in [0.05, 0.1) is 0 Å². The monoisotopic (exact) mass is 355 g/mol. The number of rotatable bonds is 7. The average molecular weight is 356 g/mol. The molecule has 1 aliphatic carbocycles. The van der Waals surface area contributed by atoms with Gasteiger partial charge in [-0.15, -0.1) is 0 Å². The second-order valence-electron chi connectivity index (χ2n) is 7.61. The SMILES string of the molecule is CCNC(=NCC1(CCOC)CC1)N1CCC(=Cc2ccccc2)CC1. The summed E-state index contributed by atoms with van der Waals surface area (Å²) < 4.78 is 5.27. The summed E-state index contributed by atoms with van der Waals surface area (Å²) in [6.07, 6.45) is 8.32. The molecule has 1 aromatic rings. The minimum absolute atomic E-state index is 0.408. The van der Waals surface area contributed by atoms with Crippen molar-refractivity contribution in [2.45, 2.75) is 39.0 Å². The lowest BCUT2D eigenvalue weighted by Crippen LogP contribution is -2.44. The van der Waals surface area contributed by atoms with Crippen LogP contribution in [0.3, 0.4) is 0 Å². The topological polar surface area (TPSA) is 36.9 Å². The van der Waals surface area contributed by atoms with E-state index in [1.165, 1.54) is 18.4 Å². The summed E-state index contributed by atoms with van der Waals surface area (Å²) in [4.78, 5) is 7.42. The van der Waals surface area contributed by atoms with Crippen molar-refractivity contribution in [3.05, 3.63) is 41.5 Å². The van der Waals surface area contributed by atoms with Gasteiger partial charge in [-0.3, -0.25) is 4.99 Å². The number of methoxy groups -OCH3 is 1. The Bertz CT molecular complexity index is 610. The second-order valence-corrected chi connectivity index (χ2v) is 7.61. The van der Waals surface area contributed by atoms with E-state index in [4.69, 9.17) is 9.73 Å². The zero-order valence-electron chi connectivity index (χ0n) is 16.3. The summed E-state index contributed by atoms with van der Waals surface area (Å²) in [5.41, 5.74) is 3.26. The number of ether oxygens (including phenoxy) is 1. The van der Waals surface area contributed by atoms with Crippen molar-refractivity contribution in [3.63, 3.8) is 0 Å². The molecule has 0 atom stereocenters. The number of likely N-dealkylation sites (tertiary alicyclic amines) is 1. The van der Waals surface area contributed by atoms with Crippen molar-refractivity contribution >= 4 is 12.0 Å². The molecule has 142 valence electrons. The summed E-state index contributed by atoms with van der Waals surface area (Å²) >= 11 is 0. The standard InChI is InChI=1S/C22H33N3O/c1-3-23-21(24-18-22(11-12-22)13-16-26-2)25-14-9-20(10-15-25)17-19-7-5-4-6-8-19/h4-8,17H,3,9-16,18H2,1-2H3,(H,23,24).